The molecule has 2 aromatic carbocycles. The average Bonchev–Trinajstić information content (AvgIpc) is 3.03. The van der Waals surface area contributed by atoms with E-state index >= 15 is 0 Å². The summed E-state index contributed by atoms with van der Waals surface area (Å²) in [7, 11) is 1.65. The van der Waals surface area contributed by atoms with Crippen molar-refractivity contribution in [1.29, 1.82) is 0 Å². The second-order valence-corrected chi connectivity index (χ2v) is 8.26. The Bertz CT molecular complexity index is 817. The van der Waals surface area contributed by atoms with Crippen molar-refractivity contribution < 1.29 is 14.3 Å². The monoisotopic (exact) mass is 411 g/mol. The fourth-order valence-electron chi connectivity index (χ4n) is 3.86. The SMILES string of the molecule is COc1ccc([C@H]2CCCCCN2C(=O)CCC(=O)c2ccc(SC)cc2)cc1. The Morgan fingerprint density at radius 2 is 1.72 bits per heavy atom. The first-order chi connectivity index (χ1) is 14.1. The van der Waals surface area contributed by atoms with E-state index in [-0.39, 0.29) is 30.6 Å². The lowest BCUT2D eigenvalue weighted by Gasteiger charge is -2.30. The van der Waals surface area contributed by atoms with Crippen LogP contribution in [0.15, 0.2) is 53.4 Å². The van der Waals surface area contributed by atoms with Gasteiger partial charge in [-0.25, -0.2) is 0 Å². The van der Waals surface area contributed by atoms with Crippen molar-refractivity contribution in [2.24, 2.45) is 0 Å². The maximum Gasteiger partial charge on any atom is 0.223 e. The largest absolute Gasteiger partial charge is 0.497 e. The molecule has 0 saturated carbocycles. The zero-order valence-electron chi connectivity index (χ0n) is 17.2. The highest BCUT2D eigenvalue weighted by Gasteiger charge is 2.27. The number of Topliss-reactive ketones (excluding diaryl/α,β-unsaturated/α-hetero) is 1. The third kappa shape index (κ3) is 5.63. The normalized spacial score (nSPS) is 16.9. The van der Waals surface area contributed by atoms with Gasteiger partial charge in [0.1, 0.15) is 5.75 Å². The summed E-state index contributed by atoms with van der Waals surface area (Å²) in [6, 6.07) is 15.7. The predicted octanol–water partition coefficient (Wildman–Crippen LogP) is 5.52. The molecule has 1 aliphatic heterocycles. The summed E-state index contributed by atoms with van der Waals surface area (Å²) in [5.74, 6) is 0.918. The maximum absolute atomic E-state index is 13.0. The molecule has 1 saturated heterocycles. The molecule has 4 nitrogen and oxygen atoms in total. The Balaban J connectivity index is 1.66. The van der Waals surface area contributed by atoms with Crippen LogP contribution in [0, 0.1) is 0 Å². The molecule has 0 aromatic heterocycles. The number of hydrogen-bond donors (Lipinski definition) is 0. The minimum Gasteiger partial charge on any atom is -0.497 e. The molecular formula is C24H29NO3S. The molecule has 1 amide bonds. The minimum absolute atomic E-state index is 0.0295. The summed E-state index contributed by atoms with van der Waals surface area (Å²) in [6.45, 7) is 0.756. The standard InChI is InChI=1S/C24H29NO3S/c1-28-20-11-7-18(8-12-20)22-6-4-3-5-17-25(22)24(27)16-15-23(26)19-9-13-21(29-2)14-10-19/h7-14,22H,3-6,15-17H2,1-2H3/t22-/m1/s1. The van der Waals surface area contributed by atoms with Gasteiger partial charge >= 0.3 is 0 Å². The Hall–Kier alpha value is -2.27. The third-order valence-corrected chi connectivity index (χ3v) is 6.30. The number of ketones is 1. The van der Waals surface area contributed by atoms with Crippen LogP contribution in [0.5, 0.6) is 5.75 Å². The van der Waals surface area contributed by atoms with E-state index in [1.807, 2.05) is 59.7 Å². The smallest absolute Gasteiger partial charge is 0.223 e. The molecule has 29 heavy (non-hydrogen) atoms. The predicted molar refractivity (Wildman–Crippen MR) is 118 cm³/mol. The van der Waals surface area contributed by atoms with Crippen LogP contribution in [-0.2, 0) is 4.79 Å². The Kier molecular flexibility index (Phi) is 7.76. The highest BCUT2D eigenvalue weighted by molar-refractivity contribution is 7.98. The molecule has 0 unspecified atom stereocenters. The molecule has 1 atom stereocenters. The molecule has 0 aliphatic carbocycles. The maximum atomic E-state index is 13.0. The van der Waals surface area contributed by atoms with Crippen molar-refractivity contribution in [2.45, 2.75) is 49.5 Å². The lowest BCUT2D eigenvalue weighted by atomic mass is 9.99. The highest BCUT2D eigenvalue weighted by atomic mass is 32.2. The van der Waals surface area contributed by atoms with E-state index in [9.17, 15) is 9.59 Å². The number of amides is 1. The van der Waals surface area contributed by atoms with Gasteiger partial charge in [-0.05, 0) is 48.9 Å². The third-order valence-electron chi connectivity index (χ3n) is 5.55. The minimum atomic E-state index is 0.0295. The molecule has 1 aliphatic rings. The van der Waals surface area contributed by atoms with Crippen LogP contribution in [-0.4, -0.2) is 36.5 Å². The number of likely N-dealkylation sites (tertiary alicyclic amines) is 1. The number of ether oxygens (including phenoxy) is 1. The van der Waals surface area contributed by atoms with Crippen molar-refractivity contribution in [3.63, 3.8) is 0 Å². The molecule has 1 fully saturated rings. The van der Waals surface area contributed by atoms with E-state index in [0.717, 1.165) is 48.4 Å². The van der Waals surface area contributed by atoms with Gasteiger partial charge in [-0.2, -0.15) is 0 Å². The fraction of sp³-hybridized carbons (Fsp3) is 0.417. The number of benzene rings is 2. The highest BCUT2D eigenvalue weighted by Crippen LogP contribution is 2.32. The second kappa shape index (κ2) is 10.5. The number of nitrogens with zero attached hydrogens (tertiary/aromatic N) is 1. The first-order valence-electron chi connectivity index (χ1n) is 10.2. The van der Waals surface area contributed by atoms with Crippen LogP contribution in [0.1, 0.15) is 60.5 Å². The molecule has 5 heteroatoms. The van der Waals surface area contributed by atoms with Crippen LogP contribution >= 0.6 is 11.8 Å². The van der Waals surface area contributed by atoms with E-state index in [1.54, 1.807) is 18.9 Å². The fourth-order valence-corrected chi connectivity index (χ4v) is 4.27. The molecular weight excluding hydrogens is 382 g/mol. The van der Waals surface area contributed by atoms with Gasteiger partial charge in [-0.3, -0.25) is 9.59 Å². The summed E-state index contributed by atoms with van der Waals surface area (Å²) >= 11 is 1.65. The number of methoxy groups -OCH3 is 1. The van der Waals surface area contributed by atoms with Gasteiger partial charge < -0.3 is 9.64 Å². The number of rotatable bonds is 7. The number of thioether (sulfide) groups is 1. The van der Waals surface area contributed by atoms with Crippen LogP contribution in [0.3, 0.4) is 0 Å². The molecule has 3 rings (SSSR count). The zero-order valence-corrected chi connectivity index (χ0v) is 18.0. The lowest BCUT2D eigenvalue weighted by Crippen LogP contribution is -2.35. The molecule has 0 N–H and O–H groups in total. The quantitative estimate of drug-likeness (QED) is 0.444. The van der Waals surface area contributed by atoms with E-state index < -0.39 is 0 Å². The summed E-state index contributed by atoms with van der Waals surface area (Å²) < 4.78 is 5.26. The van der Waals surface area contributed by atoms with Crippen LogP contribution in [0.25, 0.3) is 0 Å². The van der Waals surface area contributed by atoms with Crippen molar-refractivity contribution in [1.82, 2.24) is 4.90 Å². The molecule has 0 radical (unpaired) electrons. The molecule has 2 aromatic rings. The Morgan fingerprint density at radius 1 is 1.00 bits per heavy atom. The molecule has 0 bridgehead atoms. The molecule has 0 spiro atoms. The van der Waals surface area contributed by atoms with Gasteiger partial charge in [0.05, 0.1) is 13.2 Å². The Labute approximate surface area is 177 Å². The lowest BCUT2D eigenvalue weighted by molar-refractivity contribution is -0.133. The van der Waals surface area contributed by atoms with Gasteiger partial charge in [-0.15, -0.1) is 11.8 Å². The summed E-state index contributed by atoms with van der Waals surface area (Å²) in [6.07, 6.45) is 6.75. The van der Waals surface area contributed by atoms with Gasteiger partial charge in [-0.1, -0.05) is 37.1 Å². The zero-order chi connectivity index (χ0) is 20.6. The van der Waals surface area contributed by atoms with Gasteiger partial charge in [0.2, 0.25) is 5.91 Å². The van der Waals surface area contributed by atoms with E-state index in [4.69, 9.17) is 4.74 Å². The number of carbonyl (C=O) groups excluding carboxylic acids is 2. The Morgan fingerprint density at radius 3 is 2.38 bits per heavy atom. The van der Waals surface area contributed by atoms with Crippen molar-refractivity contribution in [3.05, 3.63) is 59.7 Å². The van der Waals surface area contributed by atoms with E-state index in [0.29, 0.717) is 5.56 Å². The molecule has 1 heterocycles. The van der Waals surface area contributed by atoms with Gasteiger partial charge in [0.15, 0.2) is 5.78 Å². The van der Waals surface area contributed by atoms with Crippen LogP contribution in [0.4, 0.5) is 0 Å². The van der Waals surface area contributed by atoms with Crippen molar-refractivity contribution in [2.75, 3.05) is 19.9 Å². The number of hydrogen-bond acceptors (Lipinski definition) is 4. The molecule has 154 valence electrons. The average molecular weight is 412 g/mol. The first-order valence-corrected chi connectivity index (χ1v) is 11.5. The van der Waals surface area contributed by atoms with E-state index in [1.165, 1.54) is 0 Å². The summed E-state index contributed by atoms with van der Waals surface area (Å²) in [5.41, 5.74) is 1.82. The second-order valence-electron chi connectivity index (χ2n) is 7.38. The number of carbonyl (C=O) groups is 2. The van der Waals surface area contributed by atoms with Crippen LogP contribution < -0.4 is 4.74 Å². The van der Waals surface area contributed by atoms with Gasteiger partial charge in [0.25, 0.3) is 0 Å². The van der Waals surface area contributed by atoms with Crippen LogP contribution in [0.2, 0.25) is 0 Å². The first kappa shape index (κ1) is 21.4. The van der Waals surface area contributed by atoms with E-state index in [2.05, 4.69) is 0 Å². The van der Waals surface area contributed by atoms with Gasteiger partial charge in [0, 0.05) is 29.8 Å². The van der Waals surface area contributed by atoms with Crippen molar-refractivity contribution >= 4 is 23.5 Å². The summed E-state index contributed by atoms with van der Waals surface area (Å²) in [5, 5.41) is 0. The summed E-state index contributed by atoms with van der Waals surface area (Å²) in [4.78, 5) is 28.7. The van der Waals surface area contributed by atoms with Crippen molar-refractivity contribution in [3.8, 4) is 5.75 Å². The topological polar surface area (TPSA) is 46.6 Å².